The van der Waals surface area contributed by atoms with Crippen molar-refractivity contribution in [3.8, 4) is 0 Å². The van der Waals surface area contributed by atoms with Crippen molar-refractivity contribution in [2.75, 3.05) is 13.2 Å². The van der Waals surface area contributed by atoms with Gasteiger partial charge in [-0.05, 0) is 12.8 Å². The molecule has 29 heavy (non-hydrogen) atoms. The maximum atomic E-state index is 8.61. The van der Waals surface area contributed by atoms with E-state index in [1.807, 2.05) is 0 Å². The third-order valence-electron chi connectivity index (χ3n) is 5.52. The van der Waals surface area contributed by atoms with Crippen molar-refractivity contribution in [2.24, 2.45) is 0 Å². The van der Waals surface area contributed by atoms with Crippen LogP contribution in [-0.2, 0) is 0 Å². The van der Waals surface area contributed by atoms with Crippen LogP contribution in [0.15, 0.2) is 0 Å². The van der Waals surface area contributed by atoms with E-state index in [4.69, 9.17) is 10.2 Å². The molecule has 0 aliphatic carbocycles. The number of aliphatic hydroxyl groups excluding tert-OH is 2. The van der Waals surface area contributed by atoms with Crippen molar-refractivity contribution in [2.45, 2.75) is 163 Å². The lowest BCUT2D eigenvalue weighted by atomic mass is 10.1. The molecule has 0 aromatic rings. The molecule has 0 aliphatic rings. The zero-order valence-electron chi connectivity index (χ0n) is 19.9. The standard InChI is InChI=1S/C14H30O.C12H26O.CH4/c1-2-3-4-5-6-7-8-9-10-11-12-13-14-15;1-2-3-4-5-6-7-8-9-10-11-12-13;/h15H,2-14H2,1H3;13H,2-12H2,1H3;1H4. The Kier molecular flexibility index (Phi) is 40.9. The second-order valence-corrected chi connectivity index (χ2v) is 8.52. The van der Waals surface area contributed by atoms with E-state index < -0.39 is 0 Å². The summed E-state index contributed by atoms with van der Waals surface area (Å²) in [5.74, 6) is 0. The summed E-state index contributed by atoms with van der Waals surface area (Å²) < 4.78 is 0. The SMILES string of the molecule is C.CCCCCCCCCCCCCCO.CCCCCCCCCCCCO. The van der Waals surface area contributed by atoms with Gasteiger partial charge in [0.05, 0.1) is 0 Å². The molecule has 0 aromatic heterocycles. The highest BCUT2D eigenvalue weighted by Crippen LogP contribution is 2.12. The van der Waals surface area contributed by atoms with Gasteiger partial charge in [-0.2, -0.15) is 0 Å². The Labute approximate surface area is 186 Å². The molecule has 0 bridgehead atoms. The average molecular weight is 417 g/mol. The first-order chi connectivity index (χ1) is 13.8. The van der Waals surface area contributed by atoms with Crippen LogP contribution in [0.4, 0.5) is 0 Å². The van der Waals surface area contributed by atoms with Gasteiger partial charge in [0, 0.05) is 13.2 Å². The van der Waals surface area contributed by atoms with Crippen LogP contribution in [0, 0.1) is 0 Å². The topological polar surface area (TPSA) is 40.5 Å². The summed E-state index contributed by atoms with van der Waals surface area (Å²) in [7, 11) is 0. The molecule has 0 aromatic carbocycles. The summed E-state index contributed by atoms with van der Waals surface area (Å²) in [6.45, 7) is 5.27. The molecule has 0 unspecified atom stereocenters. The Hall–Kier alpha value is -0.0800. The zero-order valence-corrected chi connectivity index (χ0v) is 19.9. The van der Waals surface area contributed by atoms with E-state index in [0.29, 0.717) is 13.2 Å². The van der Waals surface area contributed by atoms with Gasteiger partial charge in [-0.25, -0.2) is 0 Å². The molecule has 0 rings (SSSR count). The van der Waals surface area contributed by atoms with Crippen LogP contribution in [0.25, 0.3) is 0 Å². The predicted molar refractivity (Wildman–Crippen MR) is 134 cm³/mol. The molecular weight excluding hydrogens is 356 g/mol. The van der Waals surface area contributed by atoms with Gasteiger partial charge in [-0.3, -0.25) is 0 Å². The van der Waals surface area contributed by atoms with E-state index in [1.54, 1.807) is 0 Å². The maximum absolute atomic E-state index is 8.61. The third-order valence-corrected chi connectivity index (χ3v) is 5.52. The minimum atomic E-state index is 0. The number of rotatable bonds is 22. The van der Waals surface area contributed by atoms with Gasteiger partial charge < -0.3 is 10.2 Å². The minimum absolute atomic E-state index is 0. The highest BCUT2D eigenvalue weighted by atomic mass is 16.3. The van der Waals surface area contributed by atoms with Crippen LogP contribution < -0.4 is 0 Å². The molecule has 0 fully saturated rings. The molecule has 0 heterocycles. The Bertz CT molecular complexity index is 209. The van der Waals surface area contributed by atoms with E-state index >= 15 is 0 Å². The largest absolute Gasteiger partial charge is 0.396 e. The first-order valence-electron chi connectivity index (χ1n) is 13.0. The van der Waals surface area contributed by atoms with Crippen LogP contribution in [-0.4, -0.2) is 23.4 Å². The molecule has 0 radical (unpaired) electrons. The van der Waals surface area contributed by atoms with Crippen LogP contribution >= 0.6 is 0 Å². The average Bonchev–Trinajstić information content (AvgIpc) is 2.71. The van der Waals surface area contributed by atoms with Crippen molar-refractivity contribution in [1.82, 2.24) is 0 Å². The molecule has 0 spiro atoms. The van der Waals surface area contributed by atoms with Crippen LogP contribution in [0.1, 0.15) is 163 Å². The van der Waals surface area contributed by atoms with Gasteiger partial charge in [-0.1, -0.05) is 150 Å². The van der Waals surface area contributed by atoms with Gasteiger partial charge in [-0.15, -0.1) is 0 Å². The summed E-state index contributed by atoms with van der Waals surface area (Å²) in [5, 5.41) is 17.2. The number of aliphatic hydroxyl groups is 2. The fourth-order valence-electron chi connectivity index (χ4n) is 3.55. The summed E-state index contributed by atoms with van der Waals surface area (Å²) in [6, 6.07) is 0. The lowest BCUT2D eigenvalue weighted by Crippen LogP contribution is -1.84. The molecule has 2 nitrogen and oxygen atoms in total. The van der Waals surface area contributed by atoms with Crippen LogP contribution in [0.3, 0.4) is 0 Å². The molecule has 2 heteroatoms. The smallest absolute Gasteiger partial charge is 0.0431 e. The highest BCUT2D eigenvalue weighted by molar-refractivity contribution is 4.48. The fraction of sp³-hybridized carbons (Fsp3) is 1.00. The second kappa shape index (κ2) is 35.4. The number of hydrogen-bond acceptors (Lipinski definition) is 2. The second-order valence-electron chi connectivity index (χ2n) is 8.52. The van der Waals surface area contributed by atoms with E-state index in [1.165, 1.54) is 128 Å². The summed E-state index contributed by atoms with van der Waals surface area (Å²) in [5.41, 5.74) is 0. The molecule has 0 saturated heterocycles. The fourth-order valence-corrected chi connectivity index (χ4v) is 3.55. The first-order valence-corrected chi connectivity index (χ1v) is 13.0. The molecule has 180 valence electrons. The van der Waals surface area contributed by atoms with Gasteiger partial charge >= 0.3 is 0 Å². The van der Waals surface area contributed by atoms with Gasteiger partial charge in [0.2, 0.25) is 0 Å². The predicted octanol–water partition coefficient (Wildman–Crippen LogP) is 9.22. The van der Waals surface area contributed by atoms with Crippen molar-refractivity contribution in [3.05, 3.63) is 0 Å². The molecule has 0 atom stereocenters. The van der Waals surface area contributed by atoms with Crippen LogP contribution in [0.2, 0.25) is 0 Å². The minimum Gasteiger partial charge on any atom is -0.396 e. The maximum Gasteiger partial charge on any atom is 0.0431 e. The lowest BCUT2D eigenvalue weighted by molar-refractivity contribution is 0.282. The monoisotopic (exact) mass is 416 g/mol. The van der Waals surface area contributed by atoms with Crippen molar-refractivity contribution < 1.29 is 10.2 Å². The molecule has 2 N–H and O–H groups in total. The van der Waals surface area contributed by atoms with Crippen molar-refractivity contribution >= 4 is 0 Å². The van der Waals surface area contributed by atoms with E-state index in [-0.39, 0.29) is 7.43 Å². The van der Waals surface area contributed by atoms with Crippen molar-refractivity contribution in [3.63, 3.8) is 0 Å². The third kappa shape index (κ3) is 39.0. The first kappa shape index (κ1) is 33.6. The lowest BCUT2D eigenvalue weighted by Gasteiger charge is -2.01. The molecular formula is C27H60O2. The Morgan fingerprint density at radius 1 is 0.310 bits per heavy atom. The summed E-state index contributed by atoms with van der Waals surface area (Å²) in [6.07, 6.45) is 29.6. The Balaban J connectivity index is -0.000000455. The van der Waals surface area contributed by atoms with E-state index in [9.17, 15) is 0 Å². The summed E-state index contributed by atoms with van der Waals surface area (Å²) in [4.78, 5) is 0. The van der Waals surface area contributed by atoms with Gasteiger partial charge in [0.1, 0.15) is 0 Å². The van der Waals surface area contributed by atoms with E-state index in [0.717, 1.165) is 12.8 Å². The Morgan fingerprint density at radius 2 is 0.483 bits per heavy atom. The molecule has 0 amide bonds. The molecule has 0 saturated carbocycles. The Morgan fingerprint density at radius 3 is 0.655 bits per heavy atom. The van der Waals surface area contributed by atoms with Gasteiger partial charge in [0.25, 0.3) is 0 Å². The number of unbranched alkanes of at least 4 members (excludes halogenated alkanes) is 20. The normalized spacial score (nSPS) is 10.3. The highest BCUT2D eigenvalue weighted by Gasteiger charge is 1.93. The van der Waals surface area contributed by atoms with Crippen LogP contribution in [0.5, 0.6) is 0 Å². The van der Waals surface area contributed by atoms with E-state index in [2.05, 4.69) is 13.8 Å². The quantitative estimate of drug-likeness (QED) is 0.173. The van der Waals surface area contributed by atoms with Gasteiger partial charge in [0.15, 0.2) is 0 Å². The number of hydrogen-bond donors (Lipinski definition) is 2. The zero-order chi connectivity index (χ0) is 21.0. The molecule has 0 aliphatic heterocycles. The van der Waals surface area contributed by atoms with Crippen molar-refractivity contribution in [1.29, 1.82) is 0 Å². The summed E-state index contributed by atoms with van der Waals surface area (Å²) >= 11 is 0.